The van der Waals surface area contributed by atoms with Gasteiger partial charge < -0.3 is 33.7 Å². The number of Topliss-reactive ketones (excluding diaryl/α,β-unsaturated/α-hetero) is 2. The average molecular weight is 978 g/mol. The summed E-state index contributed by atoms with van der Waals surface area (Å²) in [5.74, 6) is 1.65. The van der Waals surface area contributed by atoms with Gasteiger partial charge in [-0.15, -0.1) is 0 Å². The highest BCUT2D eigenvalue weighted by atomic mass is 16.5. The molecule has 2 fully saturated rings. The molecule has 0 aromatic heterocycles. The van der Waals surface area contributed by atoms with Crippen molar-refractivity contribution >= 4 is 58.8 Å². The van der Waals surface area contributed by atoms with Gasteiger partial charge in [-0.05, 0) is 117 Å². The Hall–Kier alpha value is -7.46. The van der Waals surface area contributed by atoms with E-state index in [0.717, 1.165) is 66.5 Å². The lowest BCUT2D eigenvalue weighted by Gasteiger charge is -2.32. The summed E-state index contributed by atoms with van der Waals surface area (Å²) in [6.45, 7) is 2.96. The van der Waals surface area contributed by atoms with Crippen molar-refractivity contribution in [3.05, 3.63) is 112 Å². The summed E-state index contributed by atoms with van der Waals surface area (Å²) in [6, 6.07) is 19.9. The van der Waals surface area contributed by atoms with Gasteiger partial charge in [0.2, 0.25) is 0 Å². The summed E-state index contributed by atoms with van der Waals surface area (Å²) in [4.78, 5) is 80.2. The van der Waals surface area contributed by atoms with Crippen LogP contribution in [0.2, 0.25) is 0 Å². The van der Waals surface area contributed by atoms with Gasteiger partial charge in [-0.3, -0.25) is 43.8 Å². The van der Waals surface area contributed by atoms with Gasteiger partial charge in [0, 0.05) is 84.9 Å². The maximum atomic E-state index is 13.7. The predicted molar refractivity (Wildman–Crippen MR) is 270 cm³/mol. The summed E-state index contributed by atoms with van der Waals surface area (Å²) < 4.78 is 30.9. The maximum Gasteiger partial charge on any atom is 0.256 e. The minimum atomic E-state index is -0.359. The molecule has 0 bridgehead atoms. The van der Waals surface area contributed by atoms with Crippen LogP contribution in [0.4, 0.5) is 11.4 Å². The Morgan fingerprint density at radius 1 is 0.736 bits per heavy atom. The minimum absolute atomic E-state index is 0.00282. The topological polar surface area (TPSA) is 195 Å². The van der Waals surface area contributed by atoms with E-state index in [4.69, 9.17) is 33.7 Å². The summed E-state index contributed by atoms with van der Waals surface area (Å²) in [7, 11) is 1.55. The van der Waals surface area contributed by atoms with Gasteiger partial charge in [0.15, 0.2) is 23.1 Å². The van der Waals surface area contributed by atoms with E-state index in [2.05, 4.69) is 4.99 Å². The first-order valence-corrected chi connectivity index (χ1v) is 24.8. The van der Waals surface area contributed by atoms with Gasteiger partial charge >= 0.3 is 0 Å². The fourth-order valence-corrected chi connectivity index (χ4v) is 9.88. The highest BCUT2D eigenvalue weighted by molar-refractivity contribution is 6.13. The van der Waals surface area contributed by atoms with Crippen LogP contribution < -0.4 is 23.7 Å². The predicted octanol–water partition coefficient (Wildman–Crippen LogP) is 8.30. The molecule has 1 N–H and O–H groups in total. The third kappa shape index (κ3) is 11.5. The molecule has 3 atom stereocenters. The van der Waals surface area contributed by atoms with Gasteiger partial charge in [-0.1, -0.05) is 12.8 Å². The molecule has 4 aromatic rings. The third-order valence-corrected chi connectivity index (χ3v) is 13.8. The zero-order valence-electron chi connectivity index (χ0n) is 40.7. The number of hydrogen-bond donors (Lipinski definition) is 1. The van der Waals surface area contributed by atoms with Gasteiger partial charge in [-0.25, -0.2) is 0 Å². The van der Waals surface area contributed by atoms with Crippen LogP contribution in [-0.2, 0) is 34.2 Å². The molecule has 16 heteroatoms. The van der Waals surface area contributed by atoms with Gasteiger partial charge in [0.05, 0.1) is 43.2 Å². The Morgan fingerprint density at radius 2 is 1.42 bits per heavy atom. The number of hydrogen-bond acceptors (Lipinski definition) is 14. The molecule has 4 aliphatic heterocycles. The highest BCUT2D eigenvalue weighted by Gasteiger charge is 2.35. The molecule has 1 aliphatic carbocycles. The number of rotatable bonds is 20. The molecule has 0 spiro atoms. The lowest BCUT2D eigenvalue weighted by Crippen LogP contribution is -2.43. The van der Waals surface area contributed by atoms with E-state index in [9.17, 15) is 29.1 Å². The number of ether oxygens (including phenoxy) is 5. The van der Waals surface area contributed by atoms with Crippen molar-refractivity contribution in [2.24, 2.45) is 26.8 Å². The SMILES string of the molecule is COc1cc2c(cc1OCc1cc(COc3cc4c(cc3CO)C(=O)N3CCCC[C@H]3C=N4)cc(OCCOc3ccc(C(C)=NCC(=O)CCCN4C(=O)C=CC4=O)cc3)c1)N=C[C@@H]1CCCCC1C2=O. The molecule has 72 heavy (non-hydrogen) atoms. The molecule has 4 aromatic carbocycles. The first-order chi connectivity index (χ1) is 35.0. The van der Waals surface area contributed by atoms with Crippen molar-refractivity contribution in [2.45, 2.75) is 90.6 Å². The number of aliphatic hydroxyl groups excluding tert-OH is 1. The Kier molecular flexibility index (Phi) is 15.6. The standard InChI is InChI=1S/C56H59N5O11/c1-35(57-31-42(63)10-7-19-61-53(64)16-17-54(61)65)38-12-14-43(15-13-38)69-20-21-70-44-23-36(33-71-50-27-49-47(25-40(50)32-62)56(67)60-18-6-5-9-41(60)30-59-49)22-37(24-44)34-72-52-28-48-46(26-51(52)68-2)55(66)45-11-4-3-8-39(45)29-58-48/h12-17,22-30,39,41,45,62H,3-11,18-21,31-34H2,1-2H3/t39-,41-,45?/m0/s1. The number of methoxy groups -OCH3 is 1. The van der Waals surface area contributed by atoms with Crippen molar-refractivity contribution in [3.63, 3.8) is 0 Å². The van der Waals surface area contributed by atoms with Crippen LogP contribution in [0.5, 0.6) is 28.7 Å². The number of nitrogens with zero attached hydrogens (tertiary/aromatic N) is 5. The number of ketones is 2. The molecular formula is C56H59N5O11. The van der Waals surface area contributed by atoms with E-state index >= 15 is 0 Å². The van der Waals surface area contributed by atoms with Crippen LogP contribution in [0.1, 0.15) is 108 Å². The number of fused-ring (bicyclic) bond motifs is 4. The quantitative estimate of drug-likeness (QED) is 0.0508. The van der Waals surface area contributed by atoms with E-state index in [-0.39, 0.29) is 99.7 Å². The number of carbonyl (C=O) groups is 5. The Labute approximate surface area is 418 Å². The van der Waals surface area contributed by atoms with Gasteiger partial charge in [0.25, 0.3) is 17.7 Å². The van der Waals surface area contributed by atoms with Gasteiger partial charge in [0.1, 0.15) is 43.7 Å². The molecule has 3 amide bonds. The van der Waals surface area contributed by atoms with E-state index in [0.29, 0.717) is 75.5 Å². The number of amides is 3. The summed E-state index contributed by atoms with van der Waals surface area (Å²) in [5, 5.41) is 10.5. The van der Waals surface area contributed by atoms with Crippen LogP contribution in [0.25, 0.3) is 0 Å². The monoisotopic (exact) mass is 977 g/mol. The fourth-order valence-electron chi connectivity index (χ4n) is 9.88. The number of aliphatic imine (C=N–C) groups is 3. The molecule has 4 heterocycles. The molecule has 0 radical (unpaired) electrons. The summed E-state index contributed by atoms with van der Waals surface area (Å²) in [5.41, 5.74) is 5.53. The number of imide groups is 1. The zero-order valence-corrected chi connectivity index (χ0v) is 40.7. The number of piperidine rings is 1. The number of aliphatic hydroxyl groups is 1. The first kappa shape index (κ1) is 49.5. The van der Waals surface area contributed by atoms with Crippen molar-refractivity contribution in [2.75, 3.05) is 40.0 Å². The number of carbonyl (C=O) groups excluding carboxylic acids is 5. The summed E-state index contributed by atoms with van der Waals surface area (Å²) in [6.07, 6.45) is 13.5. The normalized spacial score (nSPS) is 19.3. The molecule has 374 valence electrons. The maximum absolute atomic E-state index is 13.7. The molecule has 16 nitrogen and oxygen atoms in total. The van der Waals surface area contributed by atoms with Crippen molar-refractivity contribution in [1.29, 1.82) is 0 Å². The van der Waals surface area contributed by atoms with Crippen LogP contribution >= 0.6 is 0 Å². The molecule has 9 rings (SSSR count). The fraction of sp³-hybridized carbons (Fsp3) is 0.393. The molecular weight excluding hydrogens is 919 g/mol. The second kappa shape index (κ2) is 22.7. The Bertz CT molecular complexity index is 2710. The average Bonchev–Trinajstić information content (AvgIpc) is 3.56. The molecule has 1 saturated carbocycles. The molecule has 5 aliphatic rings. The second-order valence-electron chi connectivity index (χ2n) is 18.7. The summed E-state index contributed by atoms with van der Waals surface area (Å²) >= 11 is 0. The van der Waals surface area contributed by atoms with Crippen LogP contribution in [0.15, 0.2) is 93.9 Å². The zero-order chi connectivity index (χ0) is 50.1. The van der Waals surface area contributed by atoms with E-state index in [1.807, 2.05) is 66.7 Å². The second-order valence-corrected chi connectivity index (χ2v) is 18.7. The van der Waals surface area contributed by atoms with Crippen LogP contribution in [-0.4, -0.2) is 108 Å². The lowest BCUT2D eigenvalue weighted by atomic mass is 9.76. The van der Waals surface area contributed by atoms with E-state index in [1.165, 1.54) is 12.2 Å². The van der Waals surface area contributed by atoms with E-state index in [1.54, 1.807) is 31.4 Å². The third-order valence-electron chi connectivity index (χ3n) is 13.8. The molecule has 1 saturated heterocycles. The first-order valence-electron chi connectivity index (χ1n) is 24.8. The van der Waals surface area contributed by atoms with Crippen molar-refractivity contribution in [1.82, 2.24) is 9.80 Å². The van der Waals surface area contributed by atoms with Crippen LogP contribution in [0.3, 0.4) is 0 Å². The van der Waals surface area contributed by atoms with E-state index < -0.39 is 0 Å². The minimum Gasteiger partial charge on any atom is -0.493 e. The lowest BCUT2D eigenvalue weighted by molar-refractivity contribution is -0.137. The van der Waals surface area contributed by atoms with Crippen molar-refractivity contribution in [3.8, 4) is 28.7 Å². The van der Waals surface area contributed by atoms with Crippen LogP contribution in [0, 0.1) is 11.8 Å². The highest BCUT2D eigenvalue weighted by Crippen LogP contribution is 2.42. The largest absolute Gasteiger partial charge is 0.493 e. The van der Waals surface area contributed by atoms with Crippen molar-refractivity contribution < 1.29 is 52.8 Å². The Balaban J connectivity index is 0.864. The smallest absolute Gasteiger partial charge is 0.256 e. The molecule has 1 unspecified atom stereocenters. The van der Waals surface area contributed by atoms with Gasteiger partial charge in [-0.2, -0.15) is 0 Å². The number of benzene rings is 4. The Morgan fingerprint density at radius 3 is 2.17 bits per heavy atom.